The Bertz CT molecular complexity index is 703. The molecule has 3 aromatic rings. The predicted molar refractivity (Wildman–Crippen MR) is 82.2 cm³/mol. The molecule has 0 saturated carbocycles. The summed E-state index contributed by atoms with van der Waals surface area (Å²) in [5, 5.41) is 20.8. The normalized spacial score (nSPS) is 10.2. The van der Waals surface area contributed by atoms with E-state index in [1.54, 1.807) is 24.3 Å². The van der Waals surface area contributed by atoms with Crippen molar-refractivity contribution in [2.45, 2.75) is 0 Å². The Morgan fingerprint density at radius 1 is 0.773 bits per heavy atom. The molecule has 22 heavy (non-hydrogen) atoms. The Labute approximate surface area is 132 Å². The van der Waals surface area contributed by atoms with E-state index in [0.29, 0.717) is 21.4 Å². The molecule has 3 rings (SSSR count). The average Bonchev–Trinajstić information content (AvgIpc) is 3.21. The van der Waals surface area contributed by atoms with Crippen molar-refractivity contribution in [1.29, 1.82) is 0 Å². The van der Waals surface area contributed by atoms with Crippen molar-refractivity contribution in [2.24, 2.45) is 0 Å². The molecule has 0 aliphatic carbocycles. The fraction of sp³-hybridized carbons (Fsp3) is 0. The van der Waals surface area contributed by atoms with Gasteiger partial charge in [0.05, 0.1) is 0 Å². The van der Waals surface area contributed by atoms with E-state index in [1.165, 1.54) is 33.7 Å². The summed E-state index contributed by atoms with van der Waals surface area (Å²) in [5.41, 5.74) is 3.89. The molecule has 2 amide bonds. The maximum absolute atomic E-state index is 12.0. The number of nitrogens with one attached hydrogen (secondary N) is 2. The lowest BCUT2D eigenvalue weighted by Gasteiger charge is -2.04. The number of carbonyl (C=O) groups excluding carboxylic acids is 2. The number of hydrogen-bond acceptors (Lipinski definition) is 8. The highest BCUT2D eigenvalue weighted by Crippen LogP contribution is 2.13. The third-order valence-corrected chi connectivity index (χ3v) is 3.78. The maximum Gasteiger partial charge on any atom is 0.257 e. The van der Waals surface area contributed by atoms with Gasteiger partial charge in [0.25, 0.3) is 11.8 Å². The summed E-state index contributed by atoms with van der Waals surface area (Å²) in [4.78, 5) is 23.9. The van der Waals surface area contributed by atoms with E-state index in [2.05, 4.69) is 31.0 Å². The molecule has 1 aromatic carbocycles. The number of aromatic nitrogens is 4. The second-order valence-electron chi connectivity index (χ2n) is 3.97. The van der Waals surface area contributed by atoms with E-state index in [-0.39, 0.29) is 11.8 Å². The SMILES string of the molecule is O=C(Nc1nncs1)c1ccc(C(=O)Nc2nncs2)cc1. The Morgan fingerprint density at radius 2 is 1.18 bits per heavy atom. The van der Waals surface area contributed by atoms with Gasteiger partial charge in [-0.15, -0.1) is 20.4 Å². The molecule has 0 fully saturated rings. The van der Waals surface area contributed by atoms with Crippen LogP contribution in [0.2, 0.25) is 0 Å². The van der Waals surface area contributed by atoms with Crippen molar-refractivity contribution in [3.05, 3.63) is 46.4 Å². The van der Waals surface area contributed by atoms with Crippen LogP contribution in [0.25, 0.3) is 0 Å². The van der Waals surface area contributed by atoms with E-state index < -0.39 is 0 Å². The van der Waals surface area contributed by atoms with Gasteiger partial charge in [0, 0.05) is 11.1 Å². The highest BCUT2D eigenvalue weighted by molar-refractivity contribution is 7.13. The lowest BCUT2D eigenvalue weighted by Crippen LogP contribution is -2.14. The zero-order chi connectivity index (χ0) is 15.4. The van der Waals surface area contributed by atoms with Crippen molar-refractivity contribution >= 4 is 44.8 Å². The molecule has 0 aliphatic rings. The lowest BCUT2D eigenvalue weighted by atomic mass is 10.1. The number of rotatable bonds is 4. The van der Waals surface area contributed by atoms with Gasteiger partial charge in [-0.2, -0.15) is 0 Å². The van der Waals surface area contributed by atoms with Crippen LogP contribution in [0.1, 0.15) is 20.7 Å². The van der Waals surface area contributed by atoms with Gasteiger partial charge < -0.3 is 0 Å². The molecule has 110 valence electrons. The summed E-state index contributed by atoms with van der Waals surface area (Å²) in [6, 6.07) is 6.24. The number of nitrogens with zero attached hydrogens (tertiary/aromatic N) is 4. The number of anilines is 2. The molecular formula is C12H8N6O2S2. The van der Waals surface area contributed by atoms with Gasteiger partial charge >= 0.3 is 0 Å². The quantitative estimate of drug-likeness (QED) is 0.755. The number of hydrogen-bond donors (Lipinski definition) is 2. The summed E-state index contributed by atoms with van der Waals surface area (Å²) in [6.45, 7) is 0. The van der Waals surface area contributed by atoms with Gasteiger partial charge in [-0.25, -0.2) is 0 Å². The third kappa shape index (κ3) is 3.30. The van der Waals surface area contributed by atoms with Crippen molar-refractivity contribution < 1.29 is 9.59 Å². The molecule has 2 aromatic heterocycles. The first-order valence-electron chi connectivity index (χ1n) is 5.97. The first-order valence-corrected chi connectivity index (χ1v) is 7.73. The summed E-state index contributed by atoms with van der Waals surface area (Å²) >= 11 is 2.45. The average molecular weight is 332 g/mol. The Hall–Kier alpha value is -2.72. The molecular weight excluding hydrogens is 324 g/mol. The van der Waals surface area contributed by atoms with Gasteiger partial charge in [-0.05, 0) is 24.3 Å². The van der Waals surface area contributed by atoms with Gasteiger partial charge in [0.15, 0.2) is 0 Å². The molecule has 10 heteroatoms. The van der Waals surface area contributed by atoms with Crippen LogP contribution in [0.3, 0.4) is 0 Å². The lowest BCUT2D eigenvalue weighted by molar-refractivity contribution is 0.101. The number of amides is 2. The summed E-state index contributed by atoms with van der Waals surface area (Å²) in [5.74, 6) is -0.624. The summed E-state index contributed by atoms with van der Waals surface area (Å²) < 4.78 is 0. The maximum atomic E-state index is 12.0. The van der Waals surface area contributed by atoms with Crippen LogP contribution in [0.4, 0.5) is 10.3 Å². The highest BCUT2D eigenvalue weighted by Gasteiger charge is 2.11. The number of benzene rings is 1. The molecule has 8 nitrogen and oxygen atoms in total. The monoisotopic (exact) mass is 332 g/mol. The van der Waals surface area contributed by atoms with Crippen LogP contribution in [0.15, 0.2) is 35.3 Å². The Morgan fingerprint density at radius 3 is 1.50 bits per heavy atom. The Kier molecular flexibility index (Phi) is 4.12. The smallest absolute Gasteiger partial charge is 0.257 e. The molecule has 0 bridgehead atoms. The minimum Gasteiger partial charge on any atom is -0.296 e. The van der Waals surface area contributed by atoms with Gasteiger partial charge in [-0.3, -0.25) is 20.2 Å². The van der Waals surface area contributed by atoms with Crippen LogP contribution >= 0.6 is 22.7 Å². The molecule has 0 radical (unpaired) electrons. The van der Waals surface area contributed by atoms with Gasteiger partial charge in [-0.1, -0.05) is 22.7 Å². The van der Waals surface area contributed by atoms with Crippen LogP contribution in [-0.4, -0.2) is 32.2 Å². The van der Waals surface area contributed by atoms with Crippen LogP contribution in [0.5, 0.6) is 0 Å². The summed E-state index contributed by atoms with van der Waals surface area (Å²) in [6.07, 6.45) is 0. The zero-order valence-corrected chi connectivity index (χ0v) is 12.5. The molecule has 0 atom stereocenters. The van der Waals surface area contributed by atoms with Crippen LogP contribution < -0.4 is 10.6 Å². The van der Waals surface area contributed by atoms with Crippen LogP contribution in [0, 0.1) is 0 Å². The van der Waals surface area contributed by atoms with E-state index >= 15 is 0 Å². The molecule has 0 saturated heterocycles. The van der Waals surface area contributed by atoms with Crippen LogP contribution in [-0.2, 0) is 0 Å². The summed E-state index contributed by atoms with van der Waals surface area (Å²) in [7, 11) is 0. The molecule has 0 aliphatic heterocycles. The van der Waals surface area contributed by atoms with Crippen molar-refractivity contribution in [1.82, 2.24) is 20.4 Å². The van der Waals surface area contributed by atoms with Gasteiger partial charge in [0.1, 0.15) is 11.0 Å². The standard InChI is InChI=1S/C12H8N6O2S2/c19-9(15-11-17-13-5-21-11)7-1-2-8(4-3-7)10(20)16-12-18-14-6-22-12/h1-6H,(H,15,17,19)(H,16,18,20). The van der Waals surface area contributed by atoms with E-state index in [1.807, 2.05) is 0 Å². The van der Waals surface area contributed by atoms with E-state index in [9.17, 15) is 9.59 Å². The first kappa shape index (κ1) is 14.2. The zero-order valence-electron chi connectivity index (χ0n) is 10.9. The Balaban J connectivity index is 1.67. The molecule has 0 unspecified atom stereocenters. The fourth-order valence-corrected chi connectivity index (χ4v) is 2.45. The first-order chi connectivity index (χ1) is 10.7. The highest BCUT2D eigenvalue weighted by atomic mass is 32.1. The topological polar surface area (TPSA) is 110 Å². The molecule has 2 heterocycles. The van der Waals surface area contributed by atoms with Crippen molar-refractivity contribution in [2.75, 3.05) is 10.6 Å². The van der Waals surface area contributed by atoms with E-state index in [4.69, 9.17) is 0 Å². The van der Waals surface area contributed by atoms with E-state index in [0.717, 1.165) is 0 Å². The largest absolute Gasteiger partial charge is 0.296 e. The van der Waals surface area contributed by atoms with Crippen molar-refractivity contribution in [3.8, 4) is 0 Å². The number of carbonyl (C=O) groups is 2. The third-order valence-electron chi connectivity index (χ3n) is 2.57. The second kappa shape index (κ2) is 6.37. The second-order valence-corrected chi connectivity index (χ2v) is 5.64. The molecule has 2 N–H and O–H groups in total. The van der Waals surface area contributed by atoms with Gasteiger partial charge in [0.2, 0.25) is 10.3 Å². The fourth-order valence-electron chi connectivity index (χ4n) is 1.57. The minimum atomic E-state index is -0.312. The molecule has 0 spiro atoms. The minimum absolute atomic E-state index is 0.312. The van der Waals surface area contributed by atoms with Crippen molar-refractivity contribution in [3.63, 3.8) is 0 Å². The predicted octanol–water partition coefficient (Wildman–Crippen LogP) is 1.89.